The van der Waals surface area contributed by atoms with Gasteiger partial charge in [0, 0.05) is 43.5 Å². The van der Waals surface area contributed by atoms with E-state index in [1.54, 1.807) is 30.5 Å². The molecule has 0 spiro atoms. The van der Waals surface area contributed by atoms with E-state index in [-0.39, 0.29) is 28.5 Å². The van der Waals surface area contributed by atoms with Crippen molar-refractivity contribution in [3.05, 3.63) is 74.6 Å². The molecule has 2 aliphatic heterocycles. The fraction of sp³-hybridized carbons (Fsp3) is 0.300. The summed E-state index contributed by atoms with van der Waals surface area (Å²) in [7, 11) is 0. The molecule has 0 radical (unpaired) electrons. The SMILES string of the molecule is O=Cc1c(N2C[C@H]3C[C@H](C2)c2cccc(=O)n2C3)nc2ccccn2c1=O. The van der Waals surface area contributed by atoms with E-state index in [0.29, 0.717) is 37.4 Å². The molecule has 2 bridgehead atoms. The lowest BCUT2D eigenvalue weighted by atomic mass is 9.83. The van der Waals surface area contributed by atoms with Crippen LogP contribution in [0.3, 0.4) is 0 Å². The van der Waals surface area contributed by atoms with Crippen LogP contribution in [0.2, 0.25) is 0 Å². The summed E-state index contributed by atoms with van der Waals surface area (Å²) in [5.41, 5.74) is 1.32. The monoisotopic (exact) mass is 362 g/mol. The molecule has 2 atom stereocenters. The largest absolute Gasteiger partial charge is 0.355 e. The van der Waals surface area contributed by atoms with Crippen molar-refractivity contribution in [2.75, 3.05) is 18.0 Å². The second-order valence-electron chi connectivity index (χ2n) is 7.30. The average Bonchev–Trinajstić information content (AvgIpc) is 2.69. The van der Waals surface area contributed by atoms with Crippen molar-refractivity contribution < 1.29 is 4.79 Å². The molecular formula is C20H18N4O3. The number of piperidine rings is 1. The molecule has 7 nitrogen and oxygen atoms in total. The summed E-state index contributed by atoms with van der Waals surface area (Å²) in [5, 5.41) is 0. The van der Waals surface area contributed by atoms with Gasteiger partial charge in [-0.3, -0.25) is 18.8 Å². The quantitative estimate of drug-likeness (QED) is 0.642. The lowest BCUT2D eigenvalue weighted by Crippen LogP contribution is -2.48. The van der Waals surface area contributed by atoms with E-state index < -0.39 is 0 Å². The van der Waals surface area contributed by atoms with Gasteiger partial charge in [0.1, 0.15) is 17.0 Å². The van der Waals surface area contributed by atoms with Crippen molar-refractivity contribution in [1.82, 2.24) is 14.0 Å². The topological polar surface area (TPSA) is 76.7 Å². The lowest BCUT2D eigenvalue weighted by molar-refractivity contribution is 0.112. The van der Waals surface area contributed by atoms with E-state index in [1.165, 1.54) is 4.40 Å². The van der Waals surface area contributed by atoms with Crippen molar-refractivity contribution in [2.24, 2.45) is 5.92 Å². The van der Waals surface area contributed by atoms with Crippen LogP contribution in [0.5, 0.6) is 0 Å². The fourth-order valence-corrected chi connectivity index (χ4v) is 4.50. The maximum Gasteiger partial charge on any atom is 0.270 e. The molecule has 0 unspecified atom stereocenters. The van der Waals surface area contributed by atoms with E-state index in [9.17, 15) is 14.4 Å². The second kappa shape index (κ2) is 5.90. The third-order valence-corrected chi connectivity index (χ3v) is 5.65. The smallest absolute Gasteiger partial charge is 0.270 e. The molecule has 5 heterocycles. The van der Waals surface area contributed by atoms with Gasteiger partial charge in [0.2, 0.25) is 0 Å². The van der Waals surface area contributed by atoms with Gasteiger partial charge in [-0.05, 0) is 30.5 Å². The van der Waals surface area contributed by atoms with Crippen LogP contribution >= 0.6 is 0 Å². The maximum atomic E-state index is 12.7. The van der Waals surface area contributed by atoms with Crippen molar-refractivity contribution in [3.63, 3.8) is 0 Å². The van der Waals surface area contributed by atoms with Gasteiger partial charge < -0.3 is 9.47 Å². The van der Waals surface area contributed by atoms with Crippen molar-refractivity contribution in [2.45, 2.75) is 18.9 Å². The minimum atomic E-state index is -0.349. The molecule has 5 rings (SSSR count). The highest BCUT2D eigenvalue weighted by molar-refractivity contribution is 5.83. The minimum absolute atomic E-state index is 0.0336. The first-order valence-corrected chi connectivity index (χ1v) is 9.07. The van der Waals surface area contributed by atoms with E-state index in [4.69, 9.17) is 0 Å². The molecule has 0 aromatic carbocycles. The zero-order valence-corrected chi connectivity index (χ0v) is 14.6. The first-order chi connectivity index (χ1) is 13.2. The van der Waals surface area contributed by atoms with Crippen molar-refractivity contribution in [1.29, 1.82) is 0 Å². The average molecular weight is 362 g/mol. The molecule has 0 amide bonds. The number of aldehydes is 1. The summed E-state index contributed by atoms with van der Waals surface area (Å²) in [5.74, 6) is 0.913. The molecule has 136 valence electrons. The first kappa shape index (κ1) is 16.0. The molecule has 0 aliphatic carbocycles. The number of carbonyl (C=O) groups excluding carboxylic acids is 1. The van der Waals surface area contributed by atoms with Gasteiger partial charge in [-0.1, -0.05) is 12.1 Å². The van der Waals surface area contributed by atoms with Gasteiger partial charge in [0.05, 0.1) is 0 Å². The zero-order valence-electron chi connectivity index (χ0n) is 14.6. The number of anilines is 1. The molecular weight excluding hydrogens is 344 g/mol. The second-order valence-corrected chi connectivity index (χ2v) is 7.30. The molecule has 7 heteroatoms. The van der Waals surface area contributed by atoms with Gasteiger partial charge >= 0.3 is 0 Å². The highest BCUT2D eigenvalue weighted by Gasteiger charge is 2.36. The number of fused-ring (bicyclic) bond motifs is 5. The van der Waals surface area contributed by atoms with Crippen LogP contribution in [0.15, 0.2) is 52.2 Å². The molecule has 27 heavy (non-hydrogen) atoms. The first-order valence-electron chi connectivity index (χ1n) is 9.07. The predicted octanol–water partition coefficient (Wildman–Crippen LogP) is 1.29. The number of hydrogen-bond donors (Lipinski definition) is 0. The van der Waals surface area contributed by atoms with Crippen LogP contribution in [0, 0.1) is 5.92 Å². The van der Waals surface area contributed by atoms with Crippen molar-refractivity contribution in [3.8, 4) is 0 Å². The summed E-state index contributed by atoms with van der Waals surface area (Å²) in [6, 6.07) is 10.7. The van der Waals surface area contributed by atoms with Crippen LogP contribution in [0.4, 0.5) is 5.82 Å². The molecule has 2 aliphatic rings. The predicted molar refractivity (Wildman–Crippen MR) is 101 cm³/mol. The maximum absolute atomic E-state index is 12.7. The number of rotatable bonds is 2. The summed E-state index contributed by atoms with van der Waals surface area (Å²) in [4.78, 5) is 43.3. The van der Waals surface area contributed by atoms with E-state index in [2.05, 4.69) is 4.98 Å². The third kappa shape index (κ3) is 2.42. The fourth-order valence-electron chi connectivity index (χ4n) is 4.50. The van der Waals surface area contributed by atoms with Crippen molar-refractivity contribution >= 4 is 17.8 Å². The molecule has 3 aromatic heterocycles. The standard InChI is InChI=1S/C20H18N4O3/c25-12-15-19(21-17-5-1-2-7-23(17)20(15)27)22-9-13-8-14(11-22)16-4-3-6-18(26)24(16)10-13/h1-7,12-14H,8-11H2/t13-,14-/m1/s1. The Morgan fingerprint density at radius 1 is 1.04 bits per heavy atom. The Morgan fingerprint density at radius 3 is 2.78 bits per heavy atom. The number of hydrogen-bond acceptors (Lipinski definition) is 5. The Morgan fingerprint density at radius 2 is 1.93 bits per heavy atom. The van der Waals surface area contributed by atoms with Crippen LogP contribution in [-0.2, 0) is 6.54 Å². The third-order valence-electron chi connectivity index (χ3n) is 5.65. The lowest BCUT2D eigenvalue weighted by Gasteiger charge is -2.43. The molecule has 0 N–H and O–H groups in total. The number of carbonyl (C=O) groups is 1. The normalized spacial score (nSPS) is 21.1. The molecule has 0 saturated carbocycles. The van der Waals surface area contributed by atoms with Crippen LogP contribution in [-0.4, -0.2) is 33.3 Å². The highest BCUT2D eigenvalue weighted by Crippen LogP contribution is 2.36. The Hall–Kier alpha value is -3.22. The minimum Gasteiger partial charge on any atom is -0.355 e. The zero-order chi connectivity index (χ0) is 18.5. The van der Waals surface area contributed by atoms with E-state index >= 15 is 0 Å². The molecule has 1 saturated heterocycles. The number of nitrogens with zero attached hydrogens (tertiary/aromatic N) is 4. The van der Waals surface area contributed by atoms with Gasteiger partial charge in [-0.25, -0.2) is 4.98 Å². The van der Waals surface area contributed by atoms with Gasteiger partial charge in [0.15, 0.2) is 6.29 Å². The highest BCUT2D eigenvalue weighted by atomic mass is 16.1. The van der Waals surface area contributed by atoms with Crippen LogP contribution < -0.4 is 16.0 Å². The Balaban J connectivity index is 1.62. The Kier molecular flexibility index (Phi) is 3.50. The molecule has 1 fully saturated rings. The number of aromatic nitrogens is 3. The van der Waals surface area contributed by atoms with Gasteiger partial charge in [-0.2, -0.15) is 0 Å². The van der Waals surface area contributed by atoms with Crippen LogP contribution in [0.25, 0.3) is 5.65 Å². The Bertz CT molecular complexity index is 1180. The molecule has 3 aromatic rings. The van der Waals surface area contributed by atoms with E-state index in [1.807, 2.05) is 21.6 Å². The van der Waals surface area contributed by atoms with Crippen LogP contribution in [0.1, 0.15) is 28.4 Å². The summed E-state index contributed by atoms with van der Waals surface area (Å²) in [6.07, 6.45) is 3.23. The Labute approximate surface area is 154 Å². The summed E-state index contributed by atoms with van der Waals surface area (Å²) >= 11 is 0. The van der Waals surface area contributed by atoms with E-state index in [0.717, 1.165) is 12.1 Å². The summed E-state index contributed by atoms with van der Waals surface area (Å²) in [6.45, 7) is 1.97. The summed E-state index contributed by atoms with van der Waals surface area (Å²) < 4.78 is 3.26. The number of pyridine rings is 2. The van der Waals surface area contributed by atoms with Gasteiger partial charge in [0.25, 0.3) is 11.1 Å². The van der Waals surface area contributed by atoms with Gasteiger partial charge in [-0.15, -0.1) is 0 Å².